The fourth-order valence-corrected chi connectivity index (χ4v) is 2.24. The van der Waals surface area contributed by atoms with Crippen LogP contribution >= 0.6 is 0 Å². The molecule has 1 aromatic carbocycles. The van der Waals surface area contributed by atoms with Gasteiger partial charge in [-0.2, -0.15) is 0 Å². The highest BCUT2D eigenvalue weighted by atomic mass is 16.5. The molecule has 0 aromatic heterocycles. The third-order valence-corrected chi connectivity index (χ3v) is 3.27. The molecule has 0 radical (unpaired) electrons. The first-order valence-electron chi connectivity index (χ1n) is 7.19. The summed E-state index contributed by atoms with van der Waals surface area (Å²) in [4.78, 5) is 11.3. The zero-order valence-corrected chi connectivity index (χ0v) is 12.3. The zero-order valence-electron chi connectivity index (χ0n) is 12.3. The Morgan fingerprint density at radius 1 is 1.35 bits per heavy atom. The largest absolute Gasteiger partial charge is 0.480 e. The van der Waals surface area contributed by atoms with E-state index in [2.05, 4.69) is 12.2 Å². The first-order chi connectivity index (χ1) is 9.67. The molecule has 0 amide bonds. The van der Waals surface area contributed by atoms with E-state index in [9.17, 15) is 9.90 Å². The average molecular weight is 279 g/mol. The van der Waals surface area contributed by atoms with Gasteiger partial charge in [-0.05, 0) is 18.4 Å². The van der Waals surface area contributed by atoms with Crippen LogP contribution in [0.3, 0.4) is 0 Å². The molecular formula is C16H25NO3. The molecule has 0 aliphatic heterocycles. The lowest BCUT2D eigenvalue weighted by molar-refractivity contribution is -0.140. The fraction of sp³-hybridized carbons (Fsp3) is 0.562. The molecule has 0 aliphatic carbocycles. The van der Waals surface area contributed by atoms with Gasteiger partial charge in [-0.1, -0.05) is 50.1 Å². The Bertz CT molecular complexity index is 381. The average Bonchev–Trinajstić information content (AvgIpc) is 2.44. The summed E-state index contributed by atoms with van der Waals surface area (Å²) in [7, 11) is 1.64. The van der Waals surface area contributed by atoms with Crippen LogP contribution in [0.2, 0.25) is 0 Å². The van der Waals surface area contributed by atoms with E-state index in [-0.39, 0.29) is 6.04 Å². The Morgan fingerprint density at radius 3 is 2.60 bits per heavy atom. The smallest absolute Gasteiger partial charge is 0.320 e. The van der Waals surface area contributed by atoms with E-state index in [4.69, 9.17) is 4.74 Å². The molecule has 0 aliphatic rings. The lowest BCUT2D eigenvalue weighted by Gasteiger charge is -2.23. The molecule has 0 bridgehead atoms. The first-order valence-corrected chi connectivity index (χ1v) is 7.19. The summed E-state index contributed by atoms with van der Waals surface area (Å²) in [6, 6.07) is 9.57. The molecule has 0 spiro atoms. The molecule has 0 fully saturated rings. The van der Waals surface area contributed by atoms with Gasteiger partial charge in [0.05, 0.1) is 6.61 Å². The number of hydrogen-bond acceptors (Lipinski definition) is 3. The zero-order chi connectivity index (χ0) is 14.8. The number of carboxylic acids is 1. The minimum Gasteiger partial charge on any atom is -0.480 e. The van der Waals surface area contributed by atoms with E-state index < -0.39 is 12.0 Å². The Labute approximate surface area is 121 Å². The van der Waals surface area contributed by atoms with Crippen LogP contribution in [0.25, 0.3) is 0 Å². The van der Waals surface area contributed by atoms with Crippen LogP contribution in [-0.4, -0.2) is 36.9 Å². The van der Waals surface area contributed by atoms with Crippen LogP contribution in [0.15, 0.2) is 30.3 Å². The Kier molecular flexibility index (Phi) is 7.92. The number of hydrogen-bond donors (Lipinski definition) is 2. The number of ether oxygens (including phenoxy) is 1. The summed E-state index contributed by atoms with van der Waals surface area (Å²) in [6.45, 7) is 2.57. The number of rotatable bonds is 10. The molecule has 1 rings (SSSR count). The lowest BCUT2D eigenvalue weighted by Crippen LogP contribution is -2.46. The van der Waals surface area contributed by atoms with Gasteiger partial charge >= 0.3 is 5.97 Å². The second-order valence-electron chi connectivity index (χ2n) is 5.04. The monoisotopic (exact) mass is 279 g/mol. The second kappa shape index (κ2) is 9.50. The number of nitrogens with one attached hydrogen (secondary N) is 1. The van der Waals surface area contributed by atoms with Gasteiger partial charge in [0.1, 0.15) is 6.04 Å². The van der Waals surface area contributed by atoms with Gasteiger partial charge in [-0.25, -0.2) is 0 Å². The highest BCUT2D eigenvalue weighted by Crippen LogP contribution is 2.07. The van der Waals surface area contributed by atoms with Crippen LogP contribution in [-0.2, 0) is 16.0 Å². The second-order valence-corrected chi connectivity index (χ2v) is 5.04. The molecule has 1 aromatic rings. The molecule has 112 valence electrons. The van der Waals surface area contributed by atoms with E-state index in [1.165, 1.54) is 5.56 Å². The molecule has 0 saturated heterocycles. The van der Waals surface area contributed by atoms with Crippen molar-refractivity contribution in [3.63, 3.8) is 0 Å². The molecule has 2 atom stereocenters. The van der Waals surface area contributed by atoms with Crippen molar-refractivity contribution < 1.29 is 14.6 Å². The summed E-state index contributed by atoms with van der Waals surface area (Å²) in [5, 5.41) is 12.5. The van der Waals surface area contributed by atoms with Crippen molar-refractivity contribution in [2.24, 2.45) is 0 Å². The van der Waals surface area contributed by atoms with Crippen molar-refractivity contribution >= 4 is 5.97 Å². The lowest BCUT2D eigenvalue weighted by atomic mass is 10.0. The van der Waals surface area contributed by atoms with Crippen LogP contribution < -0.4 is 5.32 Å². The molecule has 4 nitrogen and oxygen atoms in total. The van der Waals surface area contributed by atoms with Crippen molar-refractivity contribution in [2.45, 2.75) is 44.7 Å². The number of unbranched alkanes of at least 4 members (excludes halogenated alkanes) is 1. The molecule has 4 heteroatoms. The van der Waals surface area contributed by atoms with E-state index >= 15 is 0 Å². The number of carboxylic acid groups (broad SMARTS) is 1. The maximum absolute atomic E-state index is 11.3. The van der Waals surface area contributed by atoms with Crippen LogP contribution in [0.5, 0.6) is 0 Å². The van der Waals surface area contributed by atoms with E-state index in [0.29, 0.717) is 13.0 Å². The summed E-state index contributed by atoms with van der Waals surface area (Å²) < 4.78 is 5.21. The summed E-state index contributed by atoms with van der Waals surface area (Å²) in [5.74, 6) is -0.785. The third kappa shape index (κ3) is 6.17. The molecule has 1 unspecified atom stereocenters. The number of carbonyl (C=O) groups is 1. The third-order valence-electron chi connectivity index (χ3n) is 3.27. The highest BCUT2D eigenvalue weighted by molar-refractivity contribution is 5.73. The van der Waals surface area contributed by atoms with Gasteiger partial charge in [0.2, 0.25) is 0 Å². The highest BCUT2D eigenvalue weighted by Gasteiger charge is 2.21. The molecule has 20 heavy (non-hydrogen) atoms. The standard InChI is InChI=1S/C16H25NO3/c1-3-4-10-15(16(18)19)17-14(12-20-2)11-13-8-6-5-7-9-13/h5-9,14-15,17H,3-4,10-12H2,1-2H3,(H,18,19)/t14?,15-/m0/s1. The van der Waals surface area contributed by atoms with Crippen LogP contribution in [0.1, 0.15) is 31.7 Å². The van der Waals surface area contributed by atoms with Crippen molar-refractivity contribution in [1.29, 1.82) is 0 Å². The van der Waals surface area contributed by atoms with Gasteiger partial charge in [0, 0.05) is 13.2 Å². The molecular weight excluding hydrogens is 254 g/mol. The van der Waals surface area contributed by atoms with Gasteiger partial charge in [-0.15, -0.1) is 0 Å². The van der Waals surface area contributed by atoms with E-state index in [1.807, 2.05) is 30.3 Å². The number of methoxy groups -OCH3 is 1. The normalized spacial score (nSPS) is 13.9. The fourth-order valence-electron chi connectivity index (χ4n) is 2.24. The van der Waals surface area contributed by atoms with Gasteiger partial charge in [0.15, 0.2) is 0 Å². The molecule has 0 heterocycles. The van der Waals surface area contributed by atoms with Crippen molar-refractivity contribution in [1.82, 2.24) is 5.32 Å². The van der Waals surface area contributed by atoms with Gasteiger partial charge in [-0.3, -0.25) is 10.1 Å². The van der Waals surface area contributed by atoms with Crippen LogP contribution in [0.4, 0.5) is 0 Å². The van der Waals surface area contributed by atoms with Crippen molar-refractivity contribution in [3.8, 4) is 0 Å². The quantitative estimate of drug-likeness (QED) is 0.691. The summed E-state index contributed by atoms with van der Waals surface area (Å²) in [6.07, 6.45) is 3.33. The van der Waals surface area contributed by atoms with E-state index in [1.54, 1.807) is 7.11 Å². The molecule has 2 N–H and O–H groups in total. The summed E-state index contributed by atoms with van der Waals surface area (Å²) >= 11 is 0. The minimum absolute atomic E-state index is 0.0142. The maximum atomic E-state index is 11.3. The van der Waals surface area contributed by atoms with E-state index in [0.717, 1.165) is 19.3 Å². The van der Waals surface area contributed by atoms with Crippen molar-refractivity contribution in [3.05, 3.63) is 35.9 Å². The SMILES string of the molecule is CCCC[C@H](NC(COC)Cc1ccccc1)C(=O)O. The Morgan fingerprint density at radius 2 is 2.05 bits per heavy atom. The minimum atomic E-state index is -0.785. The first kappa shape index (κ1) is 16.7. The maximum Gasteiger partial charge on any atom is 0.320 e. The summed E-state index contributed by atoms with van der Waals surface area (Å²) in [5.41, 5.74) is 1.18. The van der Waals surface area contributed by atoms with Gasteiger partial charge in [0.25, 0.3) is 0 Å². The predicted molar refractivity (Wildman–Crippen MR) is 79.9 cm³/mol. The Hall–Kier alpha value is -1.39. The number of aliphatic carboxylic acids is 1. The topological polar surface area (TPSA) is 58.6 Å². The molecule has 0 saturated carbocycles. The number of benzene rings is 1. The van der Waals surface area contributed by atoms with Crippen molar-refractivity contribution in [2.75, 3.05) is 13.7 Å². The predicted octanol–water partition coefficient (Wildman–Crippen LogP) is 2.48. The van der Waals surface area contributed by atoms with Gasteiger partial charge < -0.3 is 9.84 Å². The van der Waals surface area contributed by atoms with Crippen LogP contribution in [0, 0.1) is 0 Å². The Balaban J connectivity index is 2.61.